The molecule has 1 aromatic rings. The Bertz CT molecular complexity index is 536. The molecule has 2 heterocycles. The number of hydrogen-bond donors (Lipinski definition) is 0. The fourth-order valence-corrected chi connectivity index (χ4v) is 3.66. The number of rotatable bonds is 5. The van der Waals surface area contributed by atoms with Crippen molar-refractivity contribution in [2.45, 2.75) is 64.2 Å². The van der Waals surface area contributed by atoms with Gasteiger partial charge in [-0.25, -0.2) is 0 Å². The van der Waals surface area contributed by atoms with Gasteiger partial charge in [-0.15, -0.1) is 0 Å². The van der Waals surface area contributed by atoms with Crippen LogP contribution in [0.2, 0.25) is 0 Å². The second-order valence-electron chi connectivity index (χ2n) is 7.06. The molecule has 4 heteroatoms. The van der Waals surface area contributed by atoms with Crippen molar-refractivity contribution < 1.29 is 14.3 Å². The smallest absolute Gasteiger partial charge is 0.251 e. The van der Waals surface area contributed by atoms with Gasteiger partial charge in [0.05, 0.1) is 18.8 Å². The van der Waals surface area contributed by atoms with Crippen LogP contribution in [0.25, 0.3) is 0 Å². The summed E-state index contributed by atoms with van der Waals surface area (Å²) in [6.07, 6.45) is 5.21. The monoisotopic (exact) mass is 331 g/mol. The van der Waals surface area contributed by atoms with E-state index in [1.165, 1.54) is 17.5 Å². The van der Waals surface area contributed by atoms with Gasteiger partial charge < -0.3 is 14.4 Å². The van der Waals surface area contributed by atoms with Crippen molar-refractivity contribution in [2.24, 2.45) is 0 Å². The first-order chi connectivity index (χ1) is 11.6. The summed E-state index contributed by atoms with van der Waals surface area (Å²) in [4.78, 5) is 14.8. The molecule has 2 saturated heterocycles. The Morgan fingerprint density at radius 1 is 1.25 bits per heavy atom. The summed E-state index contributed by atoms with van der Waals surface area (Å²) >= 11 is 0. The van der Waals surface area contributed by atoms with E-state index in [0.29, 0.717) is 6.61 Å². The molecule has 2 aliphatic heterocycles. The molecule has 0 aliphatic carbocycles. The summed E-state index contributed by atoms with van der Waals surface area (Å²) in [5.41, 5.74) is 2.48. The Kier molecular flexibility index (Phi) is 5.90. The van der Waals surface area contributed by atoms with Crippen molar-refractivity contribution in [3.8, 4) is 0 Å². The number of nitrogens with zero attached hydrogens (tertiary/aromatic N) is 1. The molecule has 132 valence electrons. The van der Waals surface area contributed by atoms with Gasteiger partial charge >= 0.3 is 0 Å². The highest BCUT2D eigenvalue weighted by atomic mass is 16.5. The van der Waals surface area contributed by atoms with Crippen LogP contribution in [0.5, 0.6) is 0 Å². The van der Waals surface area contributed by atoms with Crippen LogP contribution in [0.15, 0.2) is 24.3 Å². The van der Waals surface area contributed by atoms with E-state index in [1.807, 2.05) is 11.8 Å². The second kappa shape index (κ2) is 8.13. The first-order valence-corrected chi connectivity index (χ1v) is 9.25. The van der Waals surface area contributed by atoms with Crippen LogP contribution in [0.4, 0.5) is 0 Å². The van der Waals surface area contributed by atoms with Crippen molar-refractivity contribution in [2.75, 3.05) is 19.8 Å². The molecule has 0 saturated carbocycles. The van der Waals surface area contributed by atoms with Crippen LogP contribution >= 0.6 is 0 Å². The van der Waals surface area contributed by atoms with Gasteiger partial charge in [0.25, 0.3) is 5.91 Å². The average molecular weight is 331 g/mol. The summed E-state index contributed by atoms with van der Waals surface area (Å²) in [6.45, 7) is 6.12. The predicted molar refractivity (Wildman–Crippen MR) is 93.9 cm³/mol. The van der Waals surface area contributed by atoms with Gasteiger partial charge in [-0.05, 0) is 51.5 Å². The van der Waals surface area contributed by atoms with Gasteiger partial charge in [0, 0.05) is 13.2 Å². The molecule has 1 amide bonds. The molecule has 0 spiro atoms. The summed E-state index contributed by atoms with van der Waals surface area (Å²) in [6, 6.07) is 8.72. The molecule has 2 aliphatic rings. The Labute approximate surface area is 145 Å². The minimum atomic E-state index is -0.401. The first-order valence-electron chi connectivity index (χ1n) is 9.25. The van der Waals surface area contributed by atoms with Crippen LogP contribution in [0.3, 0.4) is 0 Å². The standard InChI is InChI=1S/C20H29NO3/c1-15-8-10-17(11-9-15)19-7-5-12-21(19)20(22)16(2)24-14-18-6-3-4-13-23-18/h8-11,16,18-19H,3-7,12-14H2,1-2H3. The zero-order chi connectivity index (χ0) is 16.9. The lowest BCUT2D eigenvalue weighted by Gasteiger charge is -2.29. The highest BCUT2D eigenvalue weighted by Crippen LogP contribution is 2.32. The van der Waals surface area contributed by atoms with Gasteiger partial charge in [0.2, 0.25) is 0 Å². The molecule has 0 bridgehead atoms. The number of hydrogen-bond acceptors (Lipinski definition) is 3. The summed E-state index contributed by atoms with van der Waals surface area (Å²) in [5.74, 6) is 0.105. The predicted octanol–water partition coefficient (Wildman–Crippen LogP) is 3.63. The maximum atomic E-state index is 12.8. The summed E-state index contributed by atoms with van der Waals surface area (Å²) in [7, 11) is 0. The molecule has 1 aromatic carbocycles. The first kappa shape index (κ1) is 17.4. The van der Waals surface area contributed by atoms with E-state index < -0.39 is 6.10 Å². The van der Waals surface area contributed by atoms with Crippen molar-refractivity contribution in [1.82, 2.24) is 4.90 Å². The largest absolute Gasteiger partial charge is 0.376 e. The summed E-state index contributed by atoms with van der Waals surface area (Å²) in [5, 5.41) is 0. The highest BCUT2D eigenvalue weighted by molar-refractivity contribution is 5.81. The fraction of sp³-hybridized carbons (Fsp3) is 0.650. The molecule has 3 rings (SSSR count). The quantitative estimate of drug-likeness (QED) is 0.827. The normalized spacial score (nSPS) is 25.7. The Hall–Kier alpha value is -1.39. The maximum Gasteiger partial charge on any atom is 0.251 e. The molecule has 2 fully saturated rings. The Balaban J connectivity index is 1.57. The van der Waals surface area contributed by atoms with Gasteiger partial charge in [-0.1, -0.05) is 29.8 Å². The number of aryl methyl sites for hydroxylation is 1. The SMILES string of the molecule is Cc1ccc(C2CCCN2C(=O)C(C)OCC2CCCCO2)cc1. The van der Waals surface area contributed by atoms with E-state index in [1.54, 1.807) is 0 Å². The second-order valence-corrected chi connectivity index (χ2v) is 7.06. The lowest BCUT2D eigenvalue weighted by molar-refractivity contribution is -0.147. The van der Waals surface area contributed by atoms with Crippen molar-refractivity contribution in [1.29, 1.82) is 0 Å². The van der Waals surface area contributed by atoms with Crippen LogP contribution in [-0.2, 0) is 14.3 Å². The van der Waals surface area contributed by atoms with Crippen LogP contribution in [0.1, 0.15) is 56.2 Å². The van der Waals surface area contributed by atoms with Crippen molar-refractivity contribution in [3.63, 3.8) is 0 Å². The number of likely N-dealkylation sites (tertiary alicyclic amines) is 1. The van der Waals surface area contributed by atoms with E-state index in [0.717, 1.165) is 38.8 Å². The van der Waals surface area contributed by atoms with Gasteiger partial charge in [-0.2, -0.15) is 0 Å². The fourth-order valence-electron chi connectivity index (χ4n) is 3.66. The van der Waals surface area contributed by atoms with E-state index in [2.05, 4.69) is 31.2 Å². The maximum absolute atomic E-state index is 12.8. The van der Waals surface area contributed by atoms with E-state index in [4.69, 9.17) is 9.47 Å². The molecule has 3 atom stereocenters. The Morgan fingerprint density at radius 3 is 2.75 bits per heavy atom. The lowest BCUT2D eigenvalue weighted by Crippen LogP contribution is -2.40. The van der Waals surface area contributed by atoms with Gasteiger partial charge in [-0.3, -0.25) is 4.79 Å². The number of amides is 1. The molecular weight excluding hydrogens is 302 g/mol. The molecular formula is C20H29NO3. The third kappa shape index (κ3) is 4.17. The minimum Gasteiger partial charge on any atom is -0.376 e. The van der Waals surface area contributed by atoms with Gasteiger partial charge in [0.15, 0.2) is 0 Å². The van der Waals surface area contributed by atoms with E-state index in [-0.39, 0.29) is 18.1 Å². The molecule has 0 radical (unpaired) electrons. The number of ether oxygens (including phenoxy) is 2. The molecule has 0 aromatic heterocycles. The molecule has 4 nitrogen and oxygen atoms in total. The molecule has 0 N–H and O–H groups in total. The van der Waals surface area contributed by atoms with Crippen molar-refractivity contribution >= 4 is 5.91 Å². The van der Waals surface area contributed by atoms with Gasteiger partial charge in [0.1, 0.15) is 6.10 Å². The highest BCUT2D eigenvalue weighted by Gasteiger charge is 2.33. The number of carbonyl (C=O) groups excluding carboxylic acids is 1. The number of benzene rings is 1. The third-order valence-corrected chi connectivity index (χ3v) is 5.15. The van der Waals surface area contributed by atoms with Crippen LogP contribution in [-0.4, -0.2) is 42.8 Å². The van der Waals surface area contributed by atoms with Crippen molar-refractivity contribution in [3.05, 3.63) is 35.4 Å². The summed E-state index contributed by atoms with van der Waals surface area (Å²) < 4.78 is 11.5. The lowest BCUT2D eigenvalue weighted by atomic mass is 10.0. The molecule has 3 unspecified atom stereocenters. The molecule has 24 heavy (non-hydrogen) atoms. The van der Waals surface area contributed by atoms with E-state index in [9.17, 15) is 4.79 Å². The topological polar surface area (TPSA) is 38.8 Å². The number of carbonyl (C=O) groups is 1. The average Bonchev–Trinajstić information content (AvgIpc) is 3.10. The minimum absolute atomic E-state index is 0.105. The van der Waals surface area contributed by atoms with Crippen LogP contribution in [0, 0.1) is 6.92 Å². The van der Waals surface area contributed by atoms with E-state index >= 15 is 0 Å². The van der Waals surface area contributed by atoms with Crippen LogP contribution < -0.4 is 0 Å². The zero-order valence-corrected chi connectivity index (χ0v) is 14.9. The third-order valence-electron chi connectivity index (χ3n) is 5.15. The Morgan fingerprint density at radius 2 is 2.04 bits per heavy atom. The zero-order valence-electron chi connectivity index (χ0n) is 14.9.